The number of hydrogen-bond acceptors (Lipinski definition) is 3. The lowest BCUT2D eigenvalue weighted by molar-refractivity contribution is -0.137. The van der Waals surface area contributed by atoms with E-state index in [2.05, 4.69) is 9.71 Å². The minimum Gasteiger partial charge on any atom is -0.481 e. The molecule has 0 bridgehead atoms. The lowest BCUT2D eigenvalue weighted by atomic mass is 9.91. The van der Waals surface area contributed by atoms with Crippen LogP contribution in [0.2, 0.25) is 5.02 Å². The molecule has 2 atom stereocenters. The number of aliphatic carboxylic acids is 1. The Bertz CT molecular complexity index is 1220. The van der Waals surface area contributed by atoms with Gasteiger partial charge in [0, 0.05) is 41.6 Å². The molecule has 1 amide bonds. The molecule has 9 heteroatoms. The van der Waals surface area contributed by atoms with Crippen molar-refractivity contribution in [3.05, 3.63) is 65.3 Å². The number of halogens is 1. The predicted molar refractivity (Wildman–Crippen MR) is 142 cm³/mol. The highest BCUT2D eigenvalue weighted by molar-refractivity contribution is 7.83. The van der Waals surface area contributed by atoms with Crippen molar-refractivity contribution in [2.45, 2.75) is 55.9 Å². The standard InChI is InChI=1S/C27H32ClN3O4S/c28-22-7-2-1-6-20(22)11-12-24(30-36(35)25-9-4-8-23-21(25)13-16-29-23)27(34)31-17-14-19(15-18-31)5-3-10-26(32)33/h1-2,4,6-9,13,16,19,24,29-30H,3,5,10-12,14-15,17-18H2,(H,32,33). The third-order valence-corrected chi connectivity index (χ3v) is 8.51. The minimum atomic E-state index is -1.58. The Kier molecular flexibility index (Phi) is 9.18. The molecule has 3 aromatic rings. The molecule has 36 heavy (non-hydrogen) atoms. The van der Waals surface area contributed by atoms with Crippen molar-refractivity contribution in [2.75, 3.05) is 13.1 Å². The van der Waals surface area contributed by atoms with Gasteiger partial charge in [-0.3, -0.25) is 9.59 Å². The molecule has 192 valence electrons. The maximum atomic E-state index is 13.6. The van der Waals surface area contributed by atoms with Crippen molar-refractivity contribution >= 4 is 45.4 Å². The number of nitrogens with one attached hydrogen (secondary N) is 2. The summed E-state index contributed by atoms with van der Waals surface area (Å²) >= 11 is 6.35. The normalized spacial score (nSPS) is 16.2. The van der Waals surface area contributed by atoms with Crippen LogP contribution in [0.3, 0.4) is 0 Å². The number of carboxylic acids is 1. The average molecular weight is 530 g/mol. The molecule has 0 spiro atoms. The van der Waals surface area contributed by atoms with Crippen molar-refractivity contribution < 1.29 is 18.9 Å². The number of amides is 1. The lowest BCUT2D eigenvalue weighted by Crippen LogP contribution is -2.49. The number of likely N-dealkylation sites (tertiary alicyclic amines) is 1. The van der Waals surface area contributed by atoms with E-state index in [1.54, 1.807) is 0 Å². The van der Waals surface area contributed by atoms with E-state index in [9.17, 15) is 13.8 Å². The van der Waals surface area contributed by atoms with Gasteiger partial charge in [0.25, 0.3) is 0 Å². The number of carbonyl (C=O) groups is 2. The molecule has 1 aliphatic heterocycles. The van der Waals surface area contributed by atoms with Gasteiger partial charge in [0.2, 0.25) is 5.91 Å². The summed E-state index contributed by atoms with van der Waals surface area (Å²) < 4.78 is 16.5. The van der Waals surface area contributed by atoms with Crippen LogP contribution in [-0.2, 0) is 27.0 Å². The van der Waals surface area contributed by atoms with Crippen LogP contribution in [0.15, 0.2) is 59.6 Å². The molecule has 1 aromatic heterocycles. The van der Waals surface area contributed by atoms with E-state index >= 15 is 0 Å². The highest BCUT2D eigenvalue weighted by Gasteiger charge is 2.30. The van der Waals surface area contributed by atoms with Gasteiger partial charge in [-0.25, -0.2) is 8.93 Å². The van der Waals surface area contributed by atoms with E-state index < -0.39 is 23.0 Å². The summed E-state index contributed by atoms with van der Waals surface area (Å²) in [6.07, 6.45) is 6.30. The van der Waals surface area contributed by atoms with Gasteiger partial charge in [-0.2, -0.15) is 0 Å². The molecular weight excluding hydrogens is 498 g/mol. The molecule has 0 aliphatic carbocycles. The second-order valence-corrected chi connectivity index (χ2v) is 10.9. The number of aromatic nitrogens is 1. The number of fused-ring (bicyclic) bond motifs is 1. The summed E-state index contributed by atoms with van der Waals surface area (Å²) in [4.78, 5) is 30.0. The summed E-state index contributed by atoms with van der Waals surface area (Å²) in [7, 11) is -1.58. The second-order valence-electron chi connectivity index (χ2n) is 9.32. The van der Waals surface area contributed by atoms with Crippen LogP contribution < -0.4 is 4.72 Å². The van der Waals surface area contributed by atoms with Crippen LogP contribution in [-0.4, -0.2) is 50.2 Å². The summed E-state index contributed by atoms with van der Waals surface area (Å²) in [5.41, 5.74) is 1.85. The maximum absolute atomic E-state index is 13.6. The number of carboxylic acid groups (broad SMARTS) is 1. The van der Waals surface area contributed by atoms with Crippen molar-refractivity contribution in [2.24, 2.45) is 5.92 Å². The fourth-order valence-electron chi connectivity index (χ4n) is 4.85. The Morgan fingerprint density at radius 2 is 1.92 bits per heavy atom. The van der Waals surface area contributed by atoms with Gasteiger partial charge in [0.1, 0.15) is 11.0 Å². The second kappa shape index (κ2) is 12.5. The number of hydrogen-bond donors (Lipinski definition) is 3. The minimum absolute atomic E-state index is 0.0550. The van der Waals surface area contributed by atoms with Crippen LogP contribution in [0.1, 0.15) is 44.1 Å². The first-order valence-corrected chi connectivity index (χ1v) is 13.9. The molecule has 0 radical (unpaired) electrons. The zero-order valence-electron chi connectivity index (χ0n) is 20.1. The van der Waals surface area contributed by atoms with E-state index in [0.29, 0.717) is 48.2 Å². The number of rotatable bonds is 11. The number of nitrogens with zero attached hydrogens (tertiary/aromatic N) is 1. The molecule has 4 rings (SSSR count). The smallest absolute Gasteiger partial charge is 0.303 e. The first-order chi connectivity index (χ1) is 17.4. The molecule has 7 nitrogen and oxygen atoms in total. The van der Waals surface area contributed by atoms with Gasteiger partial charge in [0.15, 0.2) is 0 Å². The first-order valence-electron chi connectivity index (χ1n) is 12.4. The van der Waals surface area contributed by atoms with Crippen molar-refractivity contribution in [3.8, 4) is 0 Å². The van der Waals surface area contributed by atoms with Gasteiger partial charge in [-0.1, -0.05) is 35.9 Å². The molecule has 2 aromatic carbocycles. The van der Waals surface area contributed by atoms with E-state index in [1.165, 1.54) is 0 Å². The topological polar surface area (TPSA) is 102 Å². The predicted octanol–water partition coefficient (Wildman–Crippen LogP) is 4.93. The lowest BCUT2D eigenvalue weighted by Gasteiger charge is -2.34. The van der Waals surface area contributed by atoms with Gasteiger partial charge in [-0.15, -0.1) is 0 Å². The number of carbonyl (C=O) groups excluding carboxylic acids is 1. The van der Waals surface area contributed by atoms with Gasteiger partial charge >= 0.3 is 5.97 Å². The number of piperidine rings is 1. The quantitative estimate of drug-likeness (QED) is 0.328. The zero-order chi connectivity index (χ0) is 25.5. The van der Waals surface area contributed by atoms with E-state index in [0.717, 1.165) is 35.7 Å². The third-order valence-electron chi connectivity index (χ3n) is 6.89. The number of H-pyrrole nitrogens is 1. The van der Waals surface area contributed by atoms with Gasteiger partial charge < -0.3 is 15.0 Å². The van der Waals surface area contributed by atoms with Crippen molar-refractivity contribution in [1.29, 1.82) is 0 Å². The molecule has 2 heterocycles. The molecular formula is C27H32ClN3O4S. The van der Waals surface area contributed by atoms with Crippen LogP contribution in [0.4, 0.5) is 0 Å². The van der Waals surface area contributed by atoms with Crippen molar-refractivity contribution in [1.82, 2.24) is 14.6 Å². The number of aromatic amines is 1. The van der Waals surface area contributed by atoms with Crippen molar-refractivity contribution in [3.63, 3.8) is 0 Å². The maximum Gasteiger partial charge on any atom is 0.303 e. The highest BCUT2D eigenvalue weighted by atomic mass is 35.5. The average Bonchev–Trinajstić information content (AvgIpc) is 3.36. The third kappa shape index (κ3) is 6.75. The summed E-state index contributed by atoms with van der Waals surface area (Å²) in [6.45, 7) is 1.25. The van der Waals surface area contributed by atoms with E-state index in [-0.39, 0.29) is 12.3 Å². The Morgan fingerprint density at radius 1 is 1.14 bits per heavy atom. The van der Waals surface area contributed by atoms with Crippen LogP contribution in [0.25, 0.3) is 10.9 Å². The highest BCUT2D eigenvalue weighted by Crippen LogP contribution is 2.25. The van der Waals surface area contributed by atoms with E-state index in [4.69, 9.17) is 16.7 Å². The Morgan fingerprint density at radius 3 is 2.67 bits per heavy atom. The first kappa shape index (κ1) is 26.4. The summed E-state index contributed by atoms with van der Waals surface area (Å²) in [5.74, 6) is -0.387. The fraction of sp³-hybridized carbons (Fsp3) is 0.407. The van der Waals surface area contributed by atoms with Crippen LogP contribution >= 0.6 is 11.6 Å². The molecule has 1 saturated heterocycles. The van der Waals surface area contributed by atoms with Gasteiger partial charge in [-0.05, 0) is 74.3 Å². The molecule has 2 unspecified atom stereocenters. The van der Waals surface area contributed by atoms with E-state index in [1.807, 2.05) is 59.6 Å². The monoisotopic (exact) mass is 529 g/mol. The van der Waals surface area contributed by atoms with Crippen LogP contribution in [0, 0.1) is 5.92 Å². The zero-order valence-corrected chi connectivity index (χ0v) is 21.7. The summed E-state index contributed by atoms with van der Waals surface area (Å²) in [5, 5.41) is 10.4. The molecule has 3 N–H and O–H groups in total. The molecule has 0 saturated carbocycles. The number of aryl methyl sites for hydroxylation is 1. The SMILES string of the molecule is O=C(O)CCCC1CCN(C(=O)C(CCc2ccccc2Cl)NS(=O)c2cccc3[nH]ccc23)CC1. The Balaban J connectivity index is 1.44. The molecule has 1 fully saturated rings. The van der Waals surface area contributed by atoms with Crippen LogP contribution in [0.5, 0.6) is 0 Å². The Hall–Kier alpha value is -2.68. The summed E-state index contributed by atoms with van der Waals surface area (Å²) in [6, 6.07) is 14.4. The van der Waals surface area contributed by atoms with Gasteiger partial charge in [0.05, 0.1) is 10.9 Å². The molecule has 1 aliphatic rings. The number of benzene rings is 2. The largest absolute Gasteiger partial charge is 0.481 e. The Labute approximate surface area is 218 Å². The fourth-order valence-corrected chi connectivity index (χ4v) is 6.26.